The summed E-state index contributed by atoms with van der Waals surface area (Å²) < 4.78 is 4.97. The van der Waals surface area contributed by atoms with Crippen LogP contribution < -0.4 is 5.32 Å². The van der Waals surface area contributed by atoms with Gasteiger partial charge in [0.15, 0.2) is 0 Å². The summed E-state index contributed by atoms with van der Waals surface area (Å²) in [5.74, 6) is 0. The van der Waals surface area contributed by atoms with Crippen molar-refractivity contribution >= 4 is 11.3 Å². The Hall–Kier alpha value is -0.490. The van der Waals surface area contributed by atoms with Crippen molar-refractivity contribution in [3.8, 4) is 0 Å². The second-order valence-corrected chi connectivity index (χ2v) is 4.78. The van der Waals surface area contributed by atoms with E-state index in [9.17, 15) is 0 Å². The average Bonchev–Trinajstić information content (AvgIpc) is 2.64. The van der Waals surface area contributed by atoms with E-state index in [-0.39, 0.29) is 0 Å². The molecule has 1 heterocycles. The Morgan fingerprint density at radius 3 is 2.94 bits per heavy atom. The fourth-order valence-electron chi connectivity index (χ4n) is 1.37. The number of aryl methyl sites for hydroxylation is 1. The van der Waals surface area contributed by atoms with Crippen LogP contribution in [0.2, 0.25) is 0 Å². The molecule has 0 radical (unpaired) electrons. The fourth-order valence-corrected chi connectivity index (χ4v) is 2.23. The van der Waals surface area contributed by atoms with Gasteiger partial charge in [0.25, 0.3) is 0 Å². The van der Waals surface area contributed by atoms with E-state index in [0.29, 0.717) is 0 Å². The minimum absolute atomic E-state index is 0.775. The van der Waals surface area contributed by atoms with Crippen LogP contribution in [0.4, 0.5) is 0 Å². The van der Waals surface area contributed by atoms with Gasteiger partial charge in [0.05, 0.1) is 17.8 Å². The number of methoxy groups -OCH3 is 1. The Kier molecular flexibility index (Phi) is 6.56. The molecule has 0 aromatic carbocycles. The third kappa shape index (κ3) is 5.03. The van der Waals surface area contributed by atoms with Crippen molar-refractivity contribution in [1.82, 2.24) is 15.2 Å². The first-order valence-corrected chi connectivity index (χ1v) is 6.39. The van der Waals surface area contributed by atoms with Gasteiger partial charge in [-0.3, -0.25) is 4.90 Å². The number of nitrogens with one attached hydrogen (secondary N) is 1. The minimum atomic E-state index is 0.775. The molecule has 0 saturated heterocycles. The van der Waals surface area contributed by atoms with Crippen molar-refractivity contribution in [2.45, 2.75) is 13.5 Å². The Morgan fingerprint density at radius 1 is 1.50 bits per heavy atom. The SMILES string of the molecule is COCCNCCN(C)Cc1scnc1C. The molecule has 0 fully saturated rings. The zero-order chi connectivity index (χ0) is 11.8. The zero-order valence-electron chi connectivity index (χ0n) is 10.3. The highest BCUT2D eigenvalue weighted by Gasteiger charge is 2.04. The van der Waals surface area contributed by atoms with Crippen LogP contribution in [0, 0.1) is 6.92 Å². The van der Waals surface area contributed by atoms with E-state index in [1.54, 1.807) is 18.4 Å². The Labute approximate surface area is 102 Å². The highest BCUT2D eigenvalue weighted by atomic mass is 32.1. The van der Waals surface area contributed by atoms with E-state index in [0.717, 1.165) is 38.5 Å². The largest absolute Gasteiger partial charge is 0.383 e. The van der Waals surface area contributed by atoms with Crippen LogP contribution in [-0.2, 0) is 11.3 Å². The van der Waals surface area contributed by atoms with Crippen LogP contribution in [0.25, 0.3) is 0 Å². The van der Waals surface area contributed by atoms with Gasteiger partial charge in [0.2, 0.25) is 0 Å². The molecule has 0 unspecified atom stereocenters. The van der Waals surface area contributed by atoms with E-state index >= 15 is 0 Å². The summed E-state index contributed by atoms with van der Waals surface area (Å²) in [7, 11) is 3.86. The minimum Gasteiger partial charge on any atom is -0.383 e. The second kappa shape index (κ2) is 7.73. The predicted octanol–water partition coefficient (Wildman–Crippen LogP) is 1.12. The van der Waals surface area contributed by atoms with Crippen molar-refractivity contribution in [3.05, 3.63) is 16.1 Å². The highest BCUT2D eigenvalue weighted by molar-refractivity contribution is 7.09. The van der Waals surface area contributed by atoms with Crippen LogP contribution in [-0.4, -0.2) is 50.3 Å². The smallest absolute Gasteiger partial charge is 0.0798 e. The van der Waals surface area contributed by atoms with Gasteiger partial charge in [-0.2, -0.15) is 0 Å². The molecule has 0 atom stereocenters. The first kappa shape index (κ1) is 13.6. The Balaban J connectivity index is 2.11. The number of rotatable bonds is 8. The van der Waals surface area contributed by atoms with Crippen molar-refractivity contribution in [1.29, 1.82) is 0 Å². The van der Waals surface area contributed by atoms with E-state index in [1.165, 1.54) is 4.88 Å². The summed E-state index contributed by atoms with van der Waals surface area (Å²) in [4.78, 5) is 7.92. The number of hydrogen-bond donors (Lipinski definition) is 1. The molecule has 92 valence electrons. The first-order chi connectivity index (χ1) is 7.74. The second-order valence-electron chi connectivity index (χ2n) is 3.84. The van der Waals surface area contributed by atoms with Gasteiger partial charge in [0, 0.05) is 38.2 Å². The average molecular weight is 243 g/mol. The molecule has 0 amide bonds. The first-order valence-electron chi connectivity index (χ1n) is 5.51. The van der Waals surface area contributed by atoms with E-state index in [4.69, 9.17) is 4.74 Å². The van der Waals surface area contributed by atoms with Crippen LogP contribution in [0.5, 0.6) is 0 Å². The van der Waals surface area contributed by atoms with Gasteiger partial charge in [-0.25, -0.2) is 4.98 Å². The number of ether oxygens (including phenoxy) is 1. The maximum Gasteiger partial charge on any atom is 0.0798 e. The normalized spacial score (nSPS) is 11.2. The van der Waals surface area contributed by atoms with Crippen molar-refractivity contribution in [3.63, 3.8) is 0 Å². The maximum absolute atomic E-state index is 4.97. The lowest BCUT2D eigenvalue weighted by molar-refractivity contribution is 0.197. The Bertz CT molecular complexity index is 291. The van der Waals surface area contributed by atoms with Gasteiger partial charge in [0.1, 0.15) is 0 Å². The van der Waals surface area contributed by atoms with Crippen LogP contribution in [0.3, 0.4) is 0 Å². The van der Waals surface area contributed by atoms with Gasteiger partial charge in [-0.15, -0.1) is 11.3 Å². The molecule has 5 heteroatoms. The van der Waals surface area contributed by atoms with Crippen molar-refractivity contribution in [2.75, 3.05) is 40.4 Å². The molecule has 16 heavy (non-hydrogen) atoms. The molecular weight excluding hydrogens is 222 g/mol. The molecule has 0 spiro atoms. The summed E-state index contributed by atoms with van der Waals surface area (Å²) in [6.45, 7) is 6.79. The number of hydrogen-bond acceptors (Lipinski definition) is 5. The van der Waals surface area contributed by atoms with E-state index in [1.807, 2.05) is 5.51 Å². The molecule has 1 aromatic rings. The number of aromatic nitrogens is 1. The third-order valence-corrected chi connectivity index (χ3v) is 3.33. The molecule has 4 nitrogen and oxygen atoms in total. The lowest BCUT2D eigenvalue weighted by Gasteiger charge is -2.16. The molecular formula is C11H21N3OS. The summed E-state index contributed by atoms with van der Waals surface area (Å²) in [5.41, 5.74) is 3.07. The van der Waals surface area contributed by atoms with E-state index < -0.39 is 0 Å². The molecule has 1 rings (SSSR count). The van der Waals surface area contributed by atoms with Crippen molar-refractivity contribution < 1.29 is 4.74 Å². The van der Waals surface area contributed by atoms with Gasteiger partial charge >= 0.3 is 0 Å². The molecule has 0 aliphatic carbocycles. The molecule has 0 aliphatic rings. The topological polar surface area (TPSA) is 37.4 Å². The molecule has 1 aromatic heterocycles. The molecule has 0 saturated carbocycles. The van der Waals surface area contributed by atoms with Gasteiger partial charge in [-0.1, -0.05) is 0 Å². The van der Waals surface area contributed by atoms with Crippen LogP contribution in [0.1, 0.15) is 10.6 Å². The fraction of sp³-hybridized carbons (Fsp3) is 0.727. The number of likely N-dealkylation sites (N-methyl/N-ethyl adjacent to an activating group) is 1. The summed E-state index contributed by atoms with van der Waals surface area (Å²) in [6.07, 6.45) is 0. The summed E-state index contributed by atoms with van der Waals surface area (Å²) in [5, 5.41) is 3.33. The molecule has 0 bridgehead atoms. The van der Waals surface area contributed by atoms with Crippen LogP contribution >= 0.6 is 11.3 Å². The molecule has 1 N–H and O–H groups in total. The monoisotopic (exact) mass is 243 g/mol. The van der Waals surface area contributed by atoms with Gasteiger partial charge < -0.3 is 10.1 Å². The van der Waals surface area contributed by atoms with E-state index in [2.05, 4.69) is 29.2 Å². The zero-order valence-corrected chi connectivity index (χ0v) is 11.1. The standard InChI is InChI=1S/C11H21N3OS/c1-10-11(16-9-13-10)8-14(2)6-4-12-5-7-15-3/h9,12H,4-8H2,1-3H3. The van der Waals surface area contributed by atoms with Crippen LogP contribution in [0.15, 0.2) is 5.51 Å². The van der Waals surface area contributed by atoms with Crippen molar-refractivity contribution in [2.24, 2.45) is 0 Å². The maximum atomic E-state index is 4.97. The number of nitrogens with zero attached hydrogens (tertiary/aromatic N) is 2. The Morgan fingerprint density at radius 2 is 2.31 bits per heavy atom. The molecule has 0 aliphatic heterocycles. The van der Waals surface area contributed by atoms with Gasteiger partial charge in [-0.05, 0) is 14.0 Å². The number of thiazole rings is 1. The third-order valence-electron chi connectivity index (χ3n) is 2.41. The summed E-state index contributed by atoms with van der Waals surface area (Å²) >= 11 is 1.73. The lowest BCUT2D eigenvalue weighted by Crippen LogP contribution is -2.30. The lowest BCUT2D eigenvalue weighted by atomic mass is 10.3. The quantitative estimate of drug-likeness (QED) is 0.694. The summed E-state index contributed by atoms with van der Waals surface area (Å²) in [6, 6.07) is 0. The highest BCUT2D eigenvalue weighted by Crippen LogP contribution is 2.13. The predicted molar refractivity (Wildman–Crippen MR) is 67.9 cm³/mol.